The van der Waals surface area contributed by atoms with Crippen LogP contribution in [0.25, 0.3) is 16.6 Å². The van der Waals surface area contributed by atoms with Crippen LogP contribution in [0, 0.1) is 0 Å². The fourth-order valence-corrected chi connectivity index (χ4v) is 4.39. The SMILES string of the molecule is O=C(CCn1ccnn1)N1CCCC(n2ccc3cc(-n4ccccc4=O)ccc32)C1. The molecule has 1 amide bonds. The summed E-state index contributed by atoms with van der Waals surface area (Å²) in [7, 11) is 0. The number of fused-ring (bicyclic) bond motifs is 1. The number of aromatic nitrogens is 5. The van der Waals surface area contributed by atoms with Crippen LogP contribution in [0.2, 0.25) is 0 Å². The summed E-state index contributed by atoms with van der Waals surface area (Å²) in [5, 5.41) is 8.80. The second-order valence-electron chi connectivity index (χ2n) is 7.93. The number of hydrogen-bond donors (Lipinski definition) is 0. The lowest BCUT2D eigenvalue weighted by Gasteiger charge is -2.34. The highest BCUT2D eigenvalue weighted by atomic mass is 16.2. The van der Waals surface area contributed by atoms with Crippen LogP contribution in [0.4, 0.5) is 0 Å². The van der Waals surface area contributed by atoms with Crippen molar-refractivity contribution in [1.29, 1.82) is 0 Å². The number of benzene rings is 1. The molecule has 1 atom stereocenters. The summed E-state index contributed by atoms with van der Waals surface area (Å²) >= 11 is 0. The van der Waals surface area contributed by atoms with Crippen molar-refractivity contribution in [1.82, 2.24) is 29.0 Å². The van der Waals surface area contributed by atoms with Gasteiger partial charge in [-0.25, -0.2) is 0 Å². The molecule has 0 saturated carbocycles. The van der Waals surface area contributed by atoms with Gasteiger partial charge in [0.2, 0.25) is 5.91 Å². The third kappa shape index (κ3) is 3.88. The minimum atomic E-state index is -0.0476. The third-order valence-corrected chi connectivity index (χ3v) is 5.97. The van der Waals surface area contributed by atoms with Crippen molar-refractivity contribution in [2.24, 2.45) is 0 Å². The van der Waals surface area contributed by atoms with Gasteiger partial charge in [-0.2, -0.15) is 0 Å². The molecule has 1 aliphatic rings. The molecule has 1 aliphatic heterocycles. The van der Waals surface area contributed by atoms with Gasteiger partial charge in [-0.15, -0.1) is 5.10 Å². The number of aryl methyl sites for hydroxylation is 1. The first-order chi connectivity index (χ1) is 15.2. The van der Waals surface area contributed by atoms with Crippen molar-refractivity contribution >= 4 is 16.8 Å². The lowest BCUT2D eigenvalue weighted by atomic mass is 10.0. The normalized spacial score (nSPS) is 16.6. The van der Waals surface area contributed by atoms with Crippen molar-refractivity contribution in [3.05, 3.63) is 77.6 Å². The van der Waals surface area contributed by atoms with Crippen LogP contribution in [0.1, 0.15) is 25.3 Å². The quantitative estimate of drug-likeness (QED) is 0.501. The Hall–Kier alpha value is -3.68. The lowest BCUT2D eigenvalue weighted by molar-refractivity contribution is -0.133. The Labute approximate surface area is 179 Å². The molecule has 4 heterocycles. The number of likely N-dealkylation sites (tertiary alicyclic amines) is 1. The first kappa shape index (κ1) is 19.3. The van der Waals surface area contributed by atoms with Crippen molar-refractivity contribution in [2.75, 3.05) is 13.1 Å². The largest absolute Gasteiger partial charge is 0.343 e. The first-order valence-corrected chi connectivity index (χ1v) is 10.6. The zero-order chi connectivity index (χ0) is 21.2. The fraction of sp³-hybridized carbons (Fsp3) is 0.304. The molecular formula is C23H24N6O2. The molecule has 4 aromatic rings. The number of nitrogens with zero attached hydrogens (tertiary/aromatic N) is 6. The van der Waals surface area contributed by atoms with Crippen LogP contribution >= 0.6 is 0 Å². The highest BCUT2D eigenvalue weighted by Gasteiger charge is 2.25. The van der Waals surface area contributed by atoms with Crippen LogP contribution in [0.15, 0.2) is 72.0 Å². The van der Waals surface area contributed by atoms with Gasteiger partial charge in [-0.05, 0) is 43.2 Å². The van der Waals surface area contributed by atoms with Crippen LogP contribution < -0.4 is 5.56 Å². The maximum atomic E-state index is 12.7. The Morgan fingerprint density at radius 2 is 2.03 bits per heavy atom. The second kappa shape index (κ2) is 8.22. The second-order valence-corrected chi connectivity index (χ2v) is 7.93. The molecule has 1 fully saturated rings. The van der Waals surface area contributed by atoms with E-state index in [-0.39, 0.29) is 17.5 Å². The number of piperidine rings is 1. The van der Waals surface area contributed by atoms with Gasteiger partial charge in [0, 0.05) is 60.8 Å². The first-order valence-electron chi connectivity index (χ1n) is 10.6. The van der Waals surface area contributed by atoms with Gasteiger partial charge >= 0.3 is 0 Å². The van der Waals surface area contributed by atoms with Gasteiger partial charge in [-0.3, -0.25) is 18.8 Å². The van der Waals surface area contributed by atoms with Gasteiger partial charge in [0.15, 0.2) is 0 Å². The zero-order valence-corrected chi connectivity index (χ0v) is 17.2. The molecule has 1 saturated heterocycles. The standard InChI is InChI=1S/C23H24N6O2/c30-22(9-13-27-15-10-24-25-27)26-11-3-4-20(17-26)28-14-8-18-16-19(6-7-21(18)28)29-12-2-1-5-23(29)31/h1-2,5-8,10,12,14-16,20H,3-4,9,11,13,17H2. The van der Waals surface area contributed by atoms with Gasteiger partial charge in [0.25, 0.3) is 5.56 Å². The summed E-state index contributed by atoms with van der Waals surface area (Å²) in [5.41, 5.74) is 1.92. The smallest absolute Gasteiger partial charge is 0.255 e. The van der Waals surface area contributed by atoms with Crippen molar-refractivity contribution in [2.45, 2.75) is 31.8 Å². The maximum absolute atomic E-state index is 12.7. The summed E-state index contributed by atoms with van der Waals surface area (Å²) in [5.74, 6) is 0.155. The van der Waals surface area contributed by atoms with E-state index in [9.17, 15) is 9.59 Å². The van der Waals surface area contributed by atoms with Gasteiger partial charge in [-0.1, -0.05) is 11.3 Å². The maximum Gasteiger partial charge on any atom is 0.255 e. The van der Waals surface area contributed by atoms with E-state index < -0.39 is 0 Å². The van der Waals surface area contributed by atoms with E-state index in [0.717, 1.165) is 36.0 Å². The fourth-order valence-electron chi connectivity index (χ4n) is 4.39. The topological polar surface area (TPSA) is 78.0 Å². The van der Waals surface area contributed by atoms with Gasteiger partial charge in [0.1, 0.15) is 0 Å². The molecule has 1 aromatic carbocycles. The Balaban J connectivity index is 1.33. The molecule has 0 N–H and O–H groups in total. The Bertz CT molecular complexity index is 1260. The Morgan fingerprint density at radius 3 is 2.87 bits per heavy atom. The Morgan fingerprint density at radius 1 is 1.10 bits per heavy atom. The Kier molecular flexibility index (Phi) is 5.11. The van der Waals surface area contributed by atoms with E-state index in [1.165, 1.54) is 0 Å². The predicted molar refractivity (Wildman–Crippen MR) is 117 cm³/mol. The molecule has 5 rings (SSSR count). The number of hydrogen-bond acceptors (Lipinski definition) is 4. The highest BCUT2D eigenvalue weighted by molar-refractivity contribution is 5.82. The summed E-state index contributed by atoms with van der Waals surface area (Å²) in [4.78, 5) is 26.8. The molecule has 0 aliphatic carbocycles. The van der Waals surface area contributed by atoms with Crippen molar-refractivity contribution < 1.29 is 4.79 Å². The zero-order valence-electron chi connectivity index (χ0n) is 17.2. The molecule has 0 spiro atoms. The van der Waals surface area contributed by atoms with Crippen LogP contribution in [0.5, 0.6) is 0 Å². The van der Waals surface area contributed by atoms with E-state index in [4.69, 9.17) is 0 Å². The van der Waals surface area contributed by atoms with E-state index in [2.05, 4.69) is 33.2 Å². The lowest BCUT2D eigenvalue weighted by Crippen LogP contribution is -2.40. The number of carbonyl (C=O) groups excluding carboxylic acids is 1. The average molecular weight is 416 g/mol. The summed E-state index contributed by atoms with van der Waals surface area (Å²) in [6, 6.07) is 13.6. The molecule has 8 heteroatoms. The van der Waals surface area contributed by atoms with Crippen LogP contribution in [-0.2, 0) is 11.3 Å². The molecule has 158 valence electrons. The third-order valence-electron chi connectivity index (χ3n) is 5.97. The number of carbonyl (C=O) groups is 1. The van der Waals surface area contributed by atoms with E-state index in [0.29, 0.717) is 19.5 Å². The minimum absolute atomic E-state index is 0.0476. The predicted octanol–water partition coefficient (Wildman–Crippen LogP) is 2.64. The van der Waals surface area contributed by atoms with Crippen LogP contribution in [-0.4, -0.2) is 48.0 Å². The average Bonchev–Trinajstić information content (AvgIpc) is 3.47. The summed E-state index contributed by atoms with van der Waals surface area (Å²) < 4.78 is 5.60. The van der Waals surface area contributed by atoms with Crippen molar-refractivity contribution in [3.8, 4) is 5.69 Å². The van der Waals surface area contributed by atoms with E-state index >= 15 is 0 Å². The number of amides is 1. The molecule has 3 aromatic heterocycles. The molecule has 1 unspecified atom stereocenters. The monoisotopic (exact) mass is 416 g/mol. The summed E-state index contributed by atoms with van der Waals surface area (Å²) in [6.45, 7) is 2.06. The van der Waals surface area contributed by atoms with Gasteiger partial charge < -0.3 is 9.47 Å². The van der Waals surface area contributed by atoms with Crippen LogP contribution in [0.3, 0.4) is 0 Å². The van der Waals surface area contributed by atoms with E-state index in [1.807, 2.05) is 23.1 Å². The molecule has 31 heavy (non-hydrogen) atoms. The molecular weight excluding hydrogens is 392 g/mol. The highest BCUT2D eigenvalue weighted by Crippen LogP contribution is 2.28. The number of pyridine rings is 1. The van der Waals surface area contributed by atoms with Gasteiger partial charge in [0.05, 0.1) is 18.8 Å². The van der Waals surface area contributed by atoms with E-state index in [1.54, 1.807) is 40.0 Å². The molecule has 8 nitrogen and oxygen atoms in total. The number of rotatable bonds is 5. The summed E-state index contributed by atoms with van der Waals surface area (Å²) in [6.07, 6.45) is 9.72. The van der Waals surface area contributed by atoms with Crippen molar-refractivity contribution in [3.63, 3.8) is 0 Å². The minimum Gasteiger partial charge on any atom is -0.343 e. The molecule has 0 radical (unpaired) electrons. The molecule has 0 bridgehead atoms.